The second kappa shape index (κ2) is 3.85. The Balaban J connectivity index is 2.28. The van der Waals surface area contributed by atoms with Gasteiger partial charge in [0, 0.05) is 19.1 Å². The summed E-state index contributed by atoms with van der Waals surface area (Å²) in [6.07, 6.45) is 1.84. The van der Waals surface area contributed by atoms with Gasteiger partial charge in [0.2, 0.25) is 0 Å². The molecule has 17 heavy (non-hydrogen) atoms. The number of nitrogens with zero attached hydrogens (tertiary/aromatic N) is 2. The van der Waals surface area contributed by atoms with E-state index in [2.05, 4.69) is 32.8 Å². The van der Waals surface area contributed by atoms with E-state index in [1.54, 1.807) is 0 Å². The van der Waals surface area contributed by atoms with Crippen LogP contribution in [0, 0.1) is 12.3 Å². The quantitative estimate of drug-likeness (QED) is 0.689. The van der Waals surface area contributed by atoms with E-state index < -0.39 is 0 Å². The van der Waals surface area contributed by atoms with Crippen molar-refractivity contribution in [2.75, 3.05) is 6.61 Å². The van der Waals surface area contributed by atoms with Crippen molar-refractivity contribution in [3.63, 3.8) is 0 Å². The molecule has 0 saturated carbocycles. The predicted octanol–water partition coefficient (Wildman–Crippen LogP) is 1.28. The summed E-state index contributed by atoms with van der Waals surface area (Å²) in [6, 6.07) is 0. The second-order valence-corrected chi connectivity index (χ2v) is 5.99. The zero-order valence-electron chi connectivity index (χ0n) is 11.6. The molecule has 0 radical (unpaired) electrons. The van der Waals surface area contributed by atoms with Gasteiger partial charge in [0.25, 0.3) is 0 Å². The van der Waals surface area contributed by atoms with Crippen molar-refractivity contribution >= 4 is 12.7 Å². The zero-order valence-corrected chi connectivity index (χ0v) is 11.6. The first kappa shape index (κ1) is 12.6. The summed E-state index contributed by atoms with van der Waals surface area (Å²) in [4.78, 5) is 0. The first-order valence-corrected chi connectivity index (χ1v) is 6.02. The Hall–Kier alpha value is -0.805. The lowest BCUT2D eigenvalue weighted by Gasteiger charge is -2.47. The molecule has 1 fully saturated rings. The third-order valence-electron chi connectivity index (χ3n) is 4.03. The third kappa shape index (κ3) is 2.02. The van der Waals surface area contributed by atoms with Gasteiger partial charge in [-0.25, -0.2) is 0 Å². The fraction of sp³-hybridized carbons (Fsp3) is 0.750. The topological polar surface area (TPSA) is 36.3 Å². The van der Waals surface area contributed by atoms with Crippen LogP contribution in [-0.4, -0.2) is 29.1 Å². The SMILES string of the molecule is Cc1cnn(C)c1B1OCC(C)(C)C(C)(C)O1. The summed E-state index contributed by atoms with van der Waals surface area (Å²) >= 11 is 0. The second-order valence-electron chi connectivity index (χ2n) is 5.99. The molecule has 5 heteroatoms. The molecule has 0 aromatic carbocycles. The van der Waals surface area contributed by atoms with E-state index in [-0.39, 0.29) is 18.1 Å². The van der Waals surface area contributed by atoms with Gasteiger partial charge in [-0.1, -0.05) is 13.8 Å². The molecule has 0 amide bonds. The minimum atomic E-state index is -0.314. The lowest BCUT2D eigenvalue weighted by atomic mass is 9.70. The minimum absolute atomic E-state index is 0.00992. The summed E-state index contributed by atoms with van der Waals surface area (Å²) in [6.45, 7) is 11.3. The van der Waals surface area contributed by atoms with E-state index in [9.17, 15) is 0 Å². The molecule has 94 valence electrons. The maximum absolute atomic E-state index is 6.11. The van der Waals surface area contributed by atoms with Crippen molar-refractivity contribution in [2.45, 2.75) is 40.2 Å². The van der Waals surface area contributed by atoms with Crippen molar-refractivity contribution < 1.29 is 9.31 Å². The monoisotopic (exact) mass is 236 g/mol. The summed E-state index contributed by atoms with van der Waals surface area (Å²) in [5, 5.41) is 4.23. The van der Waals surface area contributed by atoms with Crippen molar-refractivity contribution in [1.29, 1.82) is 0 Å². The first-order valence-electron chi connectivity index (χ1n) is 6.02. The molecule has 0 bridgehead atoms. The van der Waals surface area contributed by atoms with Crippen LogP contribution in [-0.2, 0) is 16.4 Å². The Kier molecular flexibility index (Phi) is 2.87. The lowest BCUT2D eigenvalue weighted by Crippen LogP contribution is -2.59. The Morgan fingerprint density at radius 3 is 2.47 bits per heavy atom. The highest BCUT2D eigenvalue weighted by Gasteiger charge is 2.48. The molecule has 0 atom stereocenters. The van der Waals surface area contributed by atoms with E-state index in [4.69, 9.17) is 9.31 Å². The molecule has 2 heterocycles. The molecule has 0 unspecified atom stereocenters. The molecule has 0 aliphatic carbocycles. The Bertz CT molecular complexity index is 407. The molecule has 1 aromatic heterocycles. The van der Waals surface area contributed by atoms with Crippen LogP contribution < -0.4 is 5.59 Å². The van der Waals surface area contributed by atoms with E-state index >= 15 is 0 Å². The number of aromatic nitrogens is 2. The van der Waals surface area contributed by atoms with Crippen molar-refractivity contribution in [3.8, 4) is 0 Å². The van der Waals surface area contributed by atoms with E-state index in [0.29, 0.717) is 6.61 Å². The summed E-state index contributed by atoms with van der Waals surface area (Å²) < 4.78 is 13.8. The van der Waals surface area contributed by atoms with Gasteiger partial charge >= 0.3 is 7.12 Å². The average Bonchev–Trinajstić information content (AvgIpc) is 2.52. The van der Waals surface area contributed by atoms with Gasteiger partial charge in [-0.05, 0) is 26.3 Å². The molecule has 1 aromatic rings. The molecule has 1 aliphatic heterocycles. The summed E-state index contributed by atoms with van der Waals surface area (Å²) in [7, 11) is 1.60. The van der Waals surface area contributed by atoms with Gasteiger partial charge < -0.3 is 9.31 Å². The highest BCUT2D eigenvalue weighted by molar-refractivity contribution is 6.61. The fourth-order valence-corrected chi connectivity index (χ4v) is 1.95. The van der Waals surface area contributed by atoms with Gasteiger partial charge in [-0.15, -0.1) is 0 Å². The van der Waals surface area contributed by atoms with E-state index in [0.717, 1.165) is 11.2 Å². The van der Waals surface area contributed by atoms with Crippen LogP contribution in [0.5, 0.6) is 0 Å². The maximum Gasteiger partial charge on any atom is 0.513 e. The van der Waals surface area contributed by atoms with E-state index in [1.165, 1.54) is 0 Å². The largest absolute Gasteiger partial charge is 0.513 e. The highest BCUT2D eigenvalue weighted by Crippen LogP contribution is 2.38. The molecule has 1 saturated heterocycles. The van der Waals surface area contributed by atoms with Crippen LogP contribution in [0.3, 0.4) is 0 Å². The van der Waals surface area contributed by atoms with Gasteiger partial charge in [-0.3, -0.25) is 4.68 Å². The van der Waals surface area contributed by atoms with Crippen LogP contribution in [0.2, 0.25) is 0 Å². The number of hydrogen-bond acceptors (Lipinski definition) is 3. The van der Waals surface area contributed by atoms with Crippen LogP contribution in [0.4, 0.5) is 0 Å². The number of rotatable bonds is 1. The molecular weight excluding hydrogens is 215 g/mol. The number of aryl methyl sites for hydroxylation is 2. The smallest absolute Gasteiger partial charge is 0.406 e. The predicted molar refractivity (Wildman–Crippen MR) is 68.2 cm³/mol. The van der Waals surface area contributed by atoms with E-state index in [1.807, 2.05) is 24.9 Å². The van der Waals surface area contributed by atoms with Crippen LogP contribution in [0.15, 0.2) is 6.20 Å². The highest BCUT2D eigenvalue weighted by atomic mass is 16.6. The molecular formula is C12H21BN2O2. The standard InChI is InChI=1S/C12H21BN2O2/c1-9-7-14-15(6)10(9)13-16-8-11(2,3)12(4,5)17-13/h7H,8H2,1-6H3. The summed E-state index contributed by atoms with van der Waals surface area (Å²) in [5.74, 6) is 0. The van der Waals surface area contributed by atoms with Gasteiger partial charge in [0.1, 0.15) is 0 Å². The van der Waals surface area contributed by atoms with Crippen molar-refractivity contribution in [1.82, 2.24) is 9.78 Å². The van der Waals surface area contributed by atoms with Crippen molar-refractivity contribution in [2.24, 2.45) is 12.5 Å². The number of hydrogen-bond donors (Lipinski definition) is 0. The fourth-order valence-electron chi connectivity index (χ4n) is 1.95. The van der Waals surface area contributed by atoms with Crippen molar-refractivity contribution in [3.05, 3.63) is 11.8 Å². The zero-order chi connectivity index (χ0) is 12.8. The molecule has 0 spiro atoms. The normalized spacial score (nSPS) is 22.8. The Morgan fingerprint density at radius 2 is 2.00 bits per heavy atom. The third-order valence-corrected chi connectivity index (χ3v) is 4.03. The molecule has 0 N–H and O–H groups in total. The summed E-state index contributed by atoms with van der Waals surface area (Å²) in [5.41, 5.74) is 1.91. The van der Waals surface area contributed by atoms with Gasteiger partial charge in [-0.2, -0.15) is 5.10 Å². The maximum atomic E-state index is 6.11. The average molecular weight is 236 g/mol. The molecule has 4 nitrogen and oxygen atoms in total. The van der Waals surface area contributed by atoms with Crippen LogP contribution >= 0.6 is 0 Å². The molecule has 1 aliphatic rings. The van der Waals surface area contributed by atoms with Gasteiger partial charge in [0.15, 0.2) is 0 Å². The minimum Gasteiger partial charge on any atom is -0.406 e. The van der Waals surface area contributed by atoms with Gasteiger partial charge in [0.05, 0.1) is 17.4 Å². The Labute approximate surface area is 103 Å². The lowest BCUT2D eigenvalue weighted by molar-refractivity contribution is -0.0941. The molecule has 2 rings (SSSR count). The van der Waals surface area contributed by atoms with Crippen LogP contribution in [0.25, 0.3) is 0 Å². The van der Waals surface area contributed by atoms with Crippen LogP contribution in [0.1, 0.15) is 33.3 Å². The Morgan fingerprint density at radius 1 is 1.35 bits per heavy atom. The first-order chi connectivity index (χ1) is 7.74.